The third-order valence-electron chi connectivity index (χ3n) is 3.61. The summed E-state index contributed by atoms with van der Waals surface area (Å²) in [7, 11) is 0. The zero-order chi connectivity index (χ0) is 13.9. The molecular weight excluding hydrogens is 238 g/mol. The molecule has 0 aromatic heterocycles. The van der Waals surface area contributed by atoms with Gasteiger partial charge in [-0.25, -0.2) is 0 Å². The number of carbonyl (C=O) groups excluding carboxylic acids is 1. The van der Waals surface area contributed by atoms with E-state index in [1.54, 1.807) is 0 Å². The van der Waals surface area contributed by atoms with Gasteiger partial charge in [0.1, 0.15) is 12.6 Å². The van der Waals surface area contributed by atoms with E-state index in [-0.39, 0.29) is 17.6 Å². The number of rotatable bonds is 3. The van der Waals surface area contributed by atoms with Gasteiger partial charge in [-0.1, -0.05) is 30.3 Å². The molecule has 0 bridgehead atoms. The Morgan fingerprint density at radius 1 is 1.32 bits per heavy atom. The summed E-state index contributed by atoms with van der Waals surface area (Å²) in [4.78, 5) is 14.5. The van der Waals surface area contributed by atoms with Gasteiger partial charge >= 0.3 is 5.97 Å². The first-order valence-corrected chi connectivity index (χ1v) is 6.96. The van der Waals surface area contributed by atoms with Crippen molar-refractivity contribution in [2.24, 2.45) is 0 Å². The fourth-order valence-electron chi connectivity index (χ4n) is 2.64. The van der Waals surface area contributed by atoms with Crippen LogP contribution in [0.4, 0.5) is 0 Å². The number of esters is 1. The van der Waals surface area contributed by atoms with Crippen molar-refractivity contribution in [2.45, 2.75) is 51.8 Å². The van der Waals surface area contributed by atoms with Gasteiger partial charge in [-0.15, -0.1) is 0 Å². The first kappa shape index (κ1) is 14.1. The van der Waals surface area contributed by atoms with Crippen molar-refractivity contribution in [1.82, 2.24) is 4.90 Å². The van der Waals surface area contributed by atoms with Crippen LogP contribution in [0.3, 0.4) is 0 Å². The minimum Gasteiger partial charge on any atom is -0.460 e. The van der Waals surface area contributed by atoms with E-state index in [0.717, 1.165) is 24.9 Å². The third-order valence-corrected chi connectivity index (χ3v) is 3.61. The lowest BCUT2D eigenvalue weighted by Crippen LogP contribution is -2.48. The SMILES string of the molecule is CC(C)(C)N1CCC[C@@H]1C(=O)OCc1ccccc1. The summed E-state index contributed by atoms with van der Waals surface area (Å²) >= 11 is 0. The largest absolute Gasteiger partial charge is 0.460 e. The van der Waals surface area contributed by atoms with Gasteiger partial charge in [0.15, 0.2) is 0 Å². The van der Waals surface area contributed by atoms with Crippen molar-refractivity contribution in [2.75, 3.05) is 6.54 Å². The van der Waals surface area contributed by atoms with Crippen LogP contribution < -0.4 is 0 Å². The second-order valence-corrected chi connectivity index (χ2v) is 6.12. The lowest BCUT2D eigenvalue weighted by molar-refractivity contribution is -0.152. The smallest absolute Gasteiger partial charge is 0.323 e. The van der Waals surface area contributed by atoms with Crippen molar-refractivity contribution >= 4 is 5.97 Å². The van der Waals surface area contributed by atoms with Crippen LogP contribution in [-0.2, 0) is 16.1 Å². The van der Waals surface area contributed by atoms with Gasteiger partial charge in [0.25, 0.3) is 0 Å². The van der Waals surface area contributed by atoms with Crippen LogP contribution in [0.5, 0.6) is 0 Å². The fourth-order valence-corrected chi connectivity index (χ4v) is 2.64. The van der Waals surface area contributed by atoms with Gasteiger partial charge in [0.2, 0.25) is 0 Å². The molecule has 19 heavy (non-hydrogen) atoms. The highest BCUT2D eigenvalue weighted by Crippen LogP contribution is 2.27. The van der Waals surface area contributed by atoms with Crippen LogP contribution in [0.2, 0.25) is 0 Å². The van der Waals surface area contributed by atoms with Crippen molar-refractivity contribution in [3.05, 3.63) is 35.9 Å². The average molecular weight is 261 g/mol. The van der Waals surface area contributed by atoms with Crippen LogP contribution in [0.25, 0.3) is 0 Å². The van der Waals surface area contributed by atoms with Crippen molar-refractivity contribution < 1.29 is 9.53 Å². The van der Waals surface area contributed by atoms with Gasteiger partial charge in [-0.3, -0.25) is 9.69 Å². The zero-order valence-electron chi connectivity index (χ0n) is 12.1. The molecule has 1 aliphatic rings. The number of hydrogen-bond acceptors (Lipinski definition) is 3. The first-order valence-electron chi connectivity index (χ1n) is 6.96. The maximum absolute atomic E-state index is 12.2. The third kappa shape index (κ3) is 3.57. The van der Waals surface area contributed by atoms with Gasteiger partial charge in [-0.05, 0) is 45.7 Å². The van der Waals surface area contributed by atoms with Crippen molar-refractivity contribution in [3.8, 4) is 0 Å². The summed E-state index contributed by atoms with van der Waals surface area (Å²) in [5.41, 5.74) is 1.06. The Kier molecular flexibility index (Phi) is 4.25. The predicted molar refractivity (Wildman–Crippen MR) is 75.7 cm³/mol. The van der Waals surface area contributed by atoms with Crippen LogP contribution in [0.1, 0.15) is 39.2 Å². The van der Waals surface area contributed by atoms with Gasteiger partial charge < -0.3 is 4.74 Å². The number of benzene rings is 1. The number of hydrogen-bond donors (Lipinski definition) is 0. The monoisotopic (exact) mass is 261 g/mol. The van der Waals surface area contributed by atoms with Gasteiger partial charge in [0.05, 0.1) is 0 Å². The van der Waals surface area contributed by atoms with Gasteiger partial charge in [-0.2, -0.15) is 0 Å². The summed E-state index contributed by atoms with van der Waals surface area (Å²) in [6.07, 6.45) is 1.98. The highest BCUT2D eigenvalue weighted by molar-refractivity contribution is 5.76. The molecule has 104 valence electrons. The molecule has 1 heterocycles. The van der Waals surface area contributed by atoms with Crippen LogP contribution in [-0.4, -0.2) is 29.0 Å². The highest BCUT2D eigenvalue weighted by atomic mass is 16.5. The first-order chi connectivity index (χ1) is 8.98. The number of carbonyl (C=O) groups is 1. The normalized spacial score (nSPS) is 20.5. The molecule has 0 unspecified atom stereocenters. The summed E-state index contributed by atoms with van der Waals surface area (Å²) in [5, 5.41) is 0. The number of nitrogens with zero attached hydrogens (tertiary/aromatic N) is 1. The molecule has 1 fully saturated rings. The molecule has 3 nitrogen and oxygen atoms in total. The van der Waals surface area contributed by atoms with Crippen molar-refractivity contribution in [3.63, 3.8) is 0 Å². The van der Waals surface area contributed by atoms with E-state index in [1.807, 2.05) is 30.3 Å². The topological polar surface area (TPSA) is 29.5 Å². The molecule has 0 N–H and O–H groups in total. The maximum atomic E-state index is 12.2. The molecule has 0 aliphatic carbocycles. The fraction of sp³-hybridized carbons (Fsp3) is 0.562. The lowest BCUT2D eigenvalue weighted by atomic mass is 10.0. The minimum atomic E-state index is -0.0868. The Labute approximate surface area is 115 Å². The second-order valence-electron chi connectivity index (χ2n) is 6.12. The molecule has 2 rings (SSSR count). The van der Waals surface area contributed by atoms with Crippen LogP contribution in [0, 0.1) is 0 Å². The minimum absolute atomic E-state index is 0.0208. The molecule has 0 radical (unpaired) electrons. The molecular formula is C16H23NO2. The predicted octanol–water partition coefficient (Wildman–Crippen LogP) is 2.99. The molecule has 0 spiro atoms. The number of likely N-dealkylation sites (tertiary alicyclic amines) is 1. The van der Waals surface area contributed by atoms with Crippen molar-refractivity contribution in [1.29, 1.82) is 0 Å². The zero-order valence-corrected chi connectivity index (χ0v) is 12.1. The molecule has 1 aromatic rings. The highest BCUT2D eigenvalue weighted by Gasteiger charge is 2.38. The molecule has 3 heteroatoms. The van der Waals surface area contributed by atoms with Crippen LogP contribution in [0.15, 0.2) is 30.3 Å². The van der Waals surface area contributed by atoms with Crippen LogP contribution >= 0.6 is 0 Å². The molecule has 1 aromatic carbocycles. The number of ether oxygens (including phenoxy) is 1. The quantitative estimate of drug-likeness (QED) is 0.783. The van der Waals surface area contributed by atoms with E-state index in [1.165, 1.54) is 0 Å². The summed E-state index contributed by atoms with van der Waals surface area (Å²) < 4.78 is 5.46. The molecule has 1 saturated heterocycles. The van der Waals surface area contributed by atoms with E-state index in [2.05, 4.69) is 25.7 Å². The van der Waals surface area contributed by atoms with E-state index < -0.39 is 0 Å². The Morgan fingerprint density at radius 3 is 2.63 bits per heavy atom. The molecule has 0 amide bonds. The average Bonchev–Trinajstić information content (AvgIpc) is 2.86. The Hall–Kier alpha value is -1.35. The summed E-state index contributed by atoms with van der Waals surface area (Å²) in [6, 6.07) is 9.75. The Morgan fingerprint density at radius 2 is 2.00 bits per heavy atom. The summed E-state index contributed by atoms with van der Waals surface area (Å²) in [6.45, 7) is 7.80. The molecule has 1 atom stereocenters. The van der Waals surface area contributed by atoms with Gasteiger partial charge in [0, 0.05) is 5.54 Å². The Balaban J connectivity index is 1.93. The van der Waals surface area contributed by atoms with E-state index in [4.69, 9.17) is 4.74 Å². The van der Waals surface area contributed by atoms with E-state index in [0.29, 0.717) is 6.61 Å². The van der Waals surface area contributed by atoms with E-state index >= 15 is 0 Å². The van der Waals surface area contributed by atoms with E-state index in [9.17, 15) is 4.79 Å². The Bertz CT molecular complexity index is 422. The second kappa shape index (κ2) is 5.74. The molecule has 1 aliphatic heterocycles. The summed E-state index contributed by atoms with van der Waals surface area (Å²) in [5.74, 6) is -0.0868. The maximum Gasteiger partial charge on any atom is 0.323 e. The lowest BCUT2D eigenvalue weighted by Gasteiger charge is -2.35. The standard InChI is InChI=1S/C16H23NO2/c1-16(2,3)17-11-7-10-14(17)15(18)19-12-13-8-5-4-6-9-13/h4-6,8-9,14H,7,10-12H2,1-3H3/t14-/m1/s1. The molecule has 0 saturated carbocycles.